The van der Waals surface area contributed by atoms with Crippen molar-refractivity contribution >= 4 is 5.70 Å². The Balaban J connectivity index is 1.80. The van der Waals surface area contributed by atoms with Crippen LogP contribution in [-0.4, -0.2) is 33.8 Å². The molecule has 0 spiro atoms. The Kier molecular flexibility index (Phi) is 5.28. The van der Waals surface area contributed by atoms with E-state index in [0.29, 0.717) is 42.9 Å². The summed E-state index contributed by atoms with van der Waals surface area (Å²) in [7, 11) is 0. The molecule has 6 heteroatoms. The van der Waals surface area contributed by atoms with Gasteiger partial charge in [0.2, 0.25) is 0 Å². The molecule has 1 atom stereocenters. The highest BCUT2D eigenvalue weighted by Crippen LogP contribution is 2.30. The number of likely N-dealkylation sites (tertiary alicyclic amines) is 1. The number of para-hydroxylation sites is 1. The molecule has 0 saturated carbocycles. The van der Waals surface area contributed by atoms with E-state index in [0.717, 1.165) is 5.56 Å². The van der Waals surface area contributed by atoms with Crippen LogP contribution in [0.4, 0.5) is 0 Å². The standard InChI is InChI=1S/C21H26N4O2/c22-17(16-8-4-5-9-19(16)26)12-18(20(23)24)25-11-10-21(27,14-25)13-15-6-2-1-3-7-15/h1-9,12,26-27H,10-11,13-14,22-24H2/b17-12-. The van der Waals surface area contributed by atoms with Crippen LogP contribution in [-0.2, 0) is 6.42 Å². The lowest BCUT2D eigenvalue weighted by atomic mass is 9.94. The lowest BCUT2D eigenvalue weighted by molar-refractivity contribution is 0.0532. The summed E-state index contributed by atoms with van der Waals surface area (Å²) in [4.78, 5) is 1.94. The molecular weight excluding hydrogens is 340 g/mol. The van der Waals surface area contributed by atoms with Crippen molar-refractivity contribution in [2.45, 2.75) is 18.4 Å². The third-order valence-electron chi connectivity index (χ3n) is 4.85. The highest BCUT2D eigenvalue weighted by Gasteiger charge is 2.37. The maximum atomic E-state index is 11.0. The average Bonchev–Trinajstić information content (AvgIpc) is 3.01. The number of allylic oxidation sites excluding steroid dienone is 1. The summed E-state index contributed by atoms with van der Waals surface area (Å²) in [6, 6.07) is 16.7. The number of hydrogen-bond donors (Lipinski definition) is 5. The molecule has 0 amide bonds. The normalized spacial score (nSPS) is 19.9. The first-order valence-electron chi connectivity index (χ1n) is 8.90. The second-order valence-electron chi connectivity index (χ2n) is 7.02. The van der Waals surface area contributed by atoms with Gasteiger partial charge in [-0.25, -0.2) is 0 Å². The first-order valence-corrected chi connectivity index (χ1v) is 8.90. The van der Waals surface area contributed by atoms with Crippen molar-refractivity contribution < 1.29 is 10.2 Å². The SMILES string of the molecule is NC(N)=C(/C=C(\N)c1ccccc1O)N1CCC(O)(Cc2ccccc2)C1. The van der Waals surface area contributed by atoms with Crippen molar-refractivity contribution in [1.29, 1.82) is 0 Å². The smallest absolute Gasteiger partial charge is 0.124 e. The lowest BCUT2D eigenvalue weighted by Crippen LogP contribution is -2.36. The van der Waals surface area contributed by atoms with Crippen LogP contribution in [0.3, 0.4) is 0 Å². The van der Waals surface area contributed by atoms with Gasteiger partial charge < -0.3 is 32.3 Å². The van der Waals surface area contributed by atoms with Crippen LogP contribution in [0.5, 0.6) is 5.75 Å². The topological polar surface area (TPSA) is 122 Å². The number of phenolic OH excluding ortho intramolecular Hbond substituents is 1. The maximum absolute atomic E-state index is 11.0. The minimum Gasteiger partial charge on any atom is -0.507 e. The predicted molar refractivity (Wildman–Crippen MR) is 107 cm³/mol. The second-order valence-corrected chi connectivity index (χ2v) is 7.02. The van der Waals surface area contributed by atoms with Crippen molar-refractivity contribution in [3.8, 4) is 5.75 Å². The Labute approximate surface area is 159 Å². The van der Waals surface area contributed by atoms with Gasteiger partial charge in [0, 0.05) is 30.8 Å². The van der Waals surface area contributed by atoms with E-state index in [1.807, 2.05) is 35.2 Å². The highest BCUT2D eigenvalue weighted by atomic mass is 16.3. The van der Waals surface area contributed by atoms with Crippen LogP contribution in [0.25, 0.3) is 5.70 Å². The van der Waals surface area contributed by atoms with E-state index in [-0.39, 0.29) is 11.6 Å². The zero-order valence-electron chi connectivity index (χ0n) is 15.2. The lowest BCUT2D eigenvalue weighted by Gasteiger charge is -2.26. The first kappa shape index (κ1) is 18.7. The van der Waals surface area contributed by atoms with E-state index >= 15 is 0 Å². The summed E-state index contributed by atoms with van der Waals surface area (Å²) < 4.78 is 0. The maximum Gasteiger partial charge on any atom is 0.124 e. The molecule has 3 rings (SSSR count). The number of phenols is 1. The number of β-amino-alcohol motifs (C(OH)–C–C–N with tert-alkyl or cyclic N) is 1. The summed E-state index contributed by atoms with van der Waals surface area (Å²) >= 11 is 0. The third kappa shape index (κ3) is 4.35. The molecule has 27 heavy (non-hydrogen) atoms. The number of benzene rings is 2. The molecule has 0 aliphatic carbocycles. The van der Waals surface area contributed by atoms with Gasteiger partial charge in [0.25, 0.3) is 0 Å². The fourth-order valence-corrected chi connectivity index (χ4v) is 3.48. The van der Waals surface area contributed by atoms with Crippen LogP contribution >= 0.6 is 0 Å². The molecule has 0 aromatic heterocycles. The van der Waals surface area contributed by atoms with Gasteiger partial charge in [-0.3, -0.25) is 0 Å². The molecule has 6 nitrogen and oxygen atoms in total. The molecule has 142 valence electrons. The Hall–Kier alpha value is -3.12. The fraction of sp³-hybridized carbons (Fsp3) is 0.238. The quantitative estimate of drug-likeness (QED) is 0.511. The van der Waals surface area contributed by atoms with Gasteiger partial charge in [-0.15, -0.1) is 0 Å². The molecule has 1 saturated heterocycles. The van der Waals surface area contributed by atoms with Crippen molar-refractivity contribution in [2.75, 3.05) is 13.1 Å². The Morgan fingerprint density at radius 2 is 1.70 bits per heavy atom. The minimum atomic E-state index is -0.862. The molecule has 0 radical (unpaired) electrons. The number of aliphatic hydroxyl groups is 1. The molecule has 1 unspecified atom stereocenters. The van der Waals surface area contributed by atoms with Gasteiger partial charge in [0.05, 0.1) is 11.3 Å². The number of hydrogen-bond acceptors (Lipinski definition) is 6. The monoisotopic (exact) mass is 366 g/mol. The van der Waals surface area contributed by atoms with Crippen molar-refractivity contribution in [2.24, 2.45) is 17.2 Å². The van der Waals surface area contributed by atoms with E-state index in [1.54, 1.807) is 30.3 Å². The van der Waals surface area contributed by atoms with E-state index in [2.05, 4.69) is 0 Å². The fourth-order valence-electron chi connectivity index (χ4n) is 3.48. The van der Waals surface area contributed by atoms with Gasteiger partial charge >= 0.3 is 0 Å². The van der Waals surface area contributed by atoms with Crippen molar-refractivity contribution in [3.05, 3.63) is 83.3 Å². The molecular formula is C21H26N4O2. The molecule has 8 N–H and O–H groups in total. The Morgan fingerprint density at radius 3 is 2.37 bits per heavy atom. The number of nitrogens with zero attached hydrogens (tertiary/aromatic N) is 1. The number of nitrogens with two attached hydrogens (primary N) is 3. The van der Waals surface area contributed by atoms with Crippen molar-refractivity contribution in [3.63, 3.8) is 0 Å². The molecule has 2 aromatic rings. The predicted octanol–water partition coefficient (Wildman–Crippen LogP) is 1.46. The van der Waals surface area contributed by atoms with Crippen LogP contribution in [0.15, 0.2) is 72.2 Å². The molecule has 1 heterocycles. The summed E-state index contributed by atoms with van der Waals surface area (Å²) in [5.74, 6) is 0.209. The Morgan fingerprint density at radius 1 is 1.04 bits per heavy atom. The van der Waals surface area contributed by atoms with Crippen LogP contribution < -0.4 is 17.2 Å². The average molecular weight is 366 g/mol. The molecule has 1 aliphatic heterocycles. The zero-order valence-corrected chi connectivity index (χ0v) is 15.2. The third-order valence-corrected chi connectivity index (χ3v) is 4.85. The van der Waals surface area contributed by atoms with E-state index < -0.39 is 5.60 Å². The number of aromatic hydroxyl groups is 1. The zero-order chi connectivity index (χ0) is 19.4. The summed E-state index contributed by atoms with van der Waals surface area (Å²) in [5, 5.41) is 21.0. The van der Waals surface area contributed by atoms with Crippen LogP contribution in [0.2, 0.25) is 0 Å². The van der Waals surface area contributed by atoms with Crippen molar-refractivity contribution in [1.82, 2.24) is 4.90 Å². The van der Waals surface area contributed by atoms with E-state index in [1.165, 1.54) is 0 Å². The largest absolute Gasteiger partial charge is 0.507 e. The first-order chi connectivity index (χ1) is 12.9. The molecule has 1 fully saturated rings. The van der Waals surface area contributed by atoms with Gasteiger partial charge in [-0.05, 0) is 30.2 Å². The van der Waals surface area contributed by atoms with Gasteiger partial charge in [-0.2, -0.15) is 0 Å². The van der Waals surface area contributed by atoms with E-state index in [4.69, 9.17) is 17.2 Å². The number of rotatable bonds is 5. The molecule has 2 aromatic carbocycles. The Bertz CT molecular complexity index is 859. The minimum absolute atomic E-state index is 0.0863. The summed E-state index contributed by atoms with van der Waals surface area (Å²) in [5.41, 5.74) is 19.6. The summed E-state index contributed by atoms with van der Waals surface area (Å²) in [6.07, 6.45) is 2.81. The van der Waals surface area contributed by atoms with E-state index in [9.17, 15) is 10.2 Å². The molecule has 1 aliphatic rings. The van der Waals surface area contributed by atoms with Crippen LogP contribution in [0, 0.1) is 0 Å². The summed E-state index contributed by atoms with van der Waals surface area (Å²) in [6.45, 7) is 1.01. The molecule has 0 bridgehead atoms. The van der Waals surface area contributed by atoms with Gasteiger partial charge in [0.1, 0.15) is 11.6 Å². The van der Waals surface area contributed by atoms with Gasteiger partial charge in [-0.1, -0.05) is 42.5 Å². The van der Waals surface area contributed by atoms with Crippen LogP contribution in [0.1, 0.15) is 17.5 Å². The second kappa shape index (κ2) is 7.63. The highest BCUT2D eigenvalue weighted by molar-refractivity contribution is 5.69. The van der Waals surface area contributed by atoms with Gasteiger partial charge in [0.15, 0.2) is 0 Å².